The number of nitrogen functional groups attached to an aromatic ring is 1. The number of nitrogens with two attached hydrogens (primary N) is 1. The molecule has 2 aromatic carbocycles. The number of nitrogens with one attached hydrogen (secondary N) is 2. The van der Waals surface area contributed by atoms with Crippen molar-refractivity contribution >= 4 is 29.3 Å². The van der Waals surface area contributed by atoms with Gasteiger partial charge in [0.25, 0.3) is 0 Å². The number of carbonyl (C=O) groups is 2. The van der Waals surface area contributed by atoms with E-state index in [1.165, 1.54) is 6.08 Å². The van der Waals surface area contributed by atoms with E-state index in [0.29, 0.717) is 23.7 Å². The standard InChI is InChI=1S/C24H32N4O2/c1-17(2)16-26-28(18(3)4)24(30)15-20-11-9-19(10-12-20)13-14-23(29)27-22-8-6-5-7-21(22)25/h5-14,17-18,26H,15-16,25H2,1-4H3,(H,27,29). The predicted molar refractivity (Wildman–Crippen MR) is 123 cm³/mol. The summed E-state index contributed by atoms with van der Waals surface area (Å²) in [7, 11) is 0. The van der Waals surface area contributed by atoms with E-state index in [9.17, 15) is 9.59 Å². The number of hydrogen-bond donors (Lipinski definition) is 3. The predicted octanol–water partition coefficient (Wildman–Crippen LogP) is 3.86. The monoisotopic (exact) mass is 408 g/mol. The molecule has 0 aliphatic heterocycles. The van der Waals surface area contributed by atoms with Gasteiger partial charge in [-0.1, -0.05) is 50.2 Å². The minimum atomic E-state index is -0.254. The van der Waals surface area contributed by atoms with Crippen LogP contribution in [0.5, 0.6) is 0 Å². The summed E-state index contributed by atoms with van der Waals surface area (Å²) in [5, 5.41) is 4.45. The third-order valence-electron chi connectivity index (χ3n) is 4.44. The number of para-hydroxylation sites is 2. The van der Waals surface area contributed by atoms with Gasteiger partial charge in [-0.05, 0) is 49.1 Å². The van der Waals surface area contributed by atoms with Crippen LogP contribution >= 0.6 is 0 Å². The van der Waals surface area contributed by atoms with Gasteiger partial charge in [-0.15, -0.1) is 0 Å². The Hall–Kier alpha value is -3.12. The van der Waals surface area contributed by atoms with E-state index in [0.717, 1.165) is 17.7 Å². The molecule has 0 fully saturated rings. The minimum Gasteiger partial charge on any atom is -0.397 e. The Morgan fingerprint density at radius 1 is 1.03 bits per heavy atom. The van der Waals surface area contributed by atoms with Gasteiger partial charge in [0.2, 0.25) is 11.8 Å². The van der Waals surface area contributed by atoms with Gasteiger partial charge in [0, 0.05) is 18.7 Å². The van der Waals surface area contributed by atoms with Gasteiger partial charge in [0.15, 0.2) is 0 Å². The highest BCUT2D eigenvalue weighted by atomic mass is 16.2. The third-order valence-corrected chi connectivity index (χ3v) is 4.44. The summed E-state index contributed by atoms with van der Waals surface area (Å²) in [5.41, 5.74) is 12.0. The molecule has 0 heterocycles. The van der Waals surface area contributed by atoms with Crippen LogP contribution in [0.1, 0.15) is 38.8 Å². The van der Waals surface area contributed by atoms with Crippen LogP contribution in [-0.4, -0.2) is 29.4 Å². The van der Waals surface area contributed by atoms with Gasteiger partial charge in [0.05, 0.1) is 17.8 Å². The lowest BCUT2D eigenvalue weighted by molar-refractivity contribution is -0.136. The van der Waals surface area contributed by atoms with Crippen molar-refractivity contribution in [2.45, 2.75) is 40.2 Å². The number of hydrazine groups is 1. The second-order valence-corrected chi connectivity index (χ2v) is 7.94. The van der Waals surface area contributed by atoms with Crippen molar-refractivity contribution in [3.05, 3.63) is 65.7 Å². The molecule has 0 radical (unpaired) electrons. The molecule has 0 aromatic heterocycles. The van der Waals surface area contributed by atoms with Crippen LogP contribution < -0.4 is 16.5 Å². The van der Waals surface area contributed by atoms with Gasteiger partial charge < -0.3 is 11.1 Å². The molecule has 6 heteroatoms. The van der Waals surface area contributed by atoms with Crippen LogP contribution in [-0.2, 0) is 16.0 Å². The lowest BCUT2D eigenvalue weighted by atomic mass is 10.1. The first-order chi connectivity index (χ1) is 14.3. The van der Waals surface area contributed by atoms with Gasteiger partial charge >= 0.3 is 0 Å². The average molecular weight is 409 g/mol. The number of benzene rings is 2. The van der Waals surface area contributed by atoms with Crippen LogP contribution in [0.3, 0.4) is 0 Å². The van der Waals surface area contributed by atoms with Crippen LogP contribution in [0.25, 0.3) is 6.08 Å². The summed E-state index contributed by atoms with van der Waals surface area (Å²) in [6.45, 7) is 8.96. The minimum absolute atomic E-state index is 0.0359. The van der Waals surface area contributed by atoms with Crippen molar-refractivity contribution in [3.8, 4) is 0 Å². The molecular weight excluding hydrogens is 376 g/mol. The fourth-order valence-electron chi connectivity index (χ4n) is 2.80. The van der Waals surface area contributed by atoms with E-state index in [4.69, 9.17) is 5.73 Å². The van der Waals surface area contributed by atoms with Crippen LogP contribution in [0.2, 0.25) is 0 Å². The Kier molecular flexibility index (Phi) is 8.62. The van der Waals surface area contributed by atoms with Gasteiger partial charge in [-0.25, -0.2) is 5.43 Å². The summed E-state index contributed by atoms with van der Waals surface area (Å²) in [4.78, 5) is 24.7. The summed E-state index contributed by atoms with van der Waals surface area (Å²) >= 11 is 0. The molecule has 2 rings (SSSR count). The first kappa shape index (κ1) is 23.2. The molecule has 2 aromatic rings. The quantitative estimate of drug-likeness (QED) is 0.334. The molecule has 30 heavy (non-hydrogen) atoms. The molecule has 0 unspecified atom stereocenters. The molecule has 0 atom stereocenters. The fourth-order valence-corrected chi connectivity index (χ4v) is 2.80. The second kappa shape index (κ2) is 11.2. The summed E-state index contributed by atoms with van der Waals surface area (Å²) in [5.74, 6) is 0.241. The molecule has 0 spiro atoms. The van der Waals surface area contributed by atoms with Gasteiger partial charge in [0.1, 0.15) is 0 Å². The van der Waals surface area contributed by atoms with Crippen molar-refractivity contribution < 1.29 is 9.59 Å². The number of rotatable bonds is 9. The van der Waals surface area contributed by atoms with Crippen LogP contribution in [0.15, 0.2) is 54.6 Å². The van der Waals surface area contributed by atoms with Crippen LogP contribution in [0, 0.1) is 5.92 Å². The maximum atomic E-state index is 12.7. The topological polar surface area (TPSA) is 87.5 Å². The molecule has 0 saturated heterocycles. The largest absolute Gasteiger partial charge is 0.397 e. The van der Waals surface area contributed by atoms with Crippen molar-refractivity contribution in [2.75, 3.05) is 17.6 Å². The maximum Gasteiger partial charge on any atom is 0.248 e. The lowest BCUT2D eigenvalue weighted by Gasteiger charge is -2.28. The Labute approximate surface area is 179 Å². The van der Waals surface area contributed by atoms with E-state index in [-0.39, 0.29) is 17.9 Å². The smallest absolute Gasteiger partial charge is 0.248 e. The highest BCUT2D eigenvalue weighted by Gasteiger charge is 2.17. The second-order valence-electron chi connectivity index (χ2n) is 7.94. The molecule has 4 N–H and O–H groups in total. The zero-order chi connectivity index (χ0) is 22.1. The first-order valence-electron chi connectivity index (χ1n) is 10.2. The zero-order valence-electron chi connectivity index (χ0n) is 18.2. The van der Waals surface area contributed by atoms with E-state index in [1.54, 1.807) is 23.2 Å². The Bertz CT molecular complexity index is 873. The Morgan fingerprint density at radius 2 is 1.70 bits per heavy atom. The number of hydrogen-bond acceptors (Lipinski definition) is 4. The van der Waals surface area contributed by atoms with Crippen molar-refractivity contribution in [1.82, 2.24) is 10.4 Å². The van der Waals surface area contributed by atoms with Crippen LogP contribution in [0.4, 0.5) is 11.4 Å². The molecule has 160 valence electrons. The molecule has 0 aliphatic rings. The molecule has 0 bridgehead atoms. The van der Waals surface area contributed by atoms with Crippen molar-refractivity contribution in [3.63, 3.8) is 0 Å². The first-order valence-corrected chi connectivity index (χ1v) is 10.2. The number of nitrogens with zero attached hydrogens (tertiary/aromatic N) is 1. The number of amides is 2. The highest BCUT2D eigenvalue weighted by molar-refractivity contribution is 6.03. The Balaban J connectivity index is 1.93. The molecule has 0 aliphatic carbocycles. The van der Waals surface area contributed by atoms with E-state index >= 15 is 0 Å². The summed E-state index contributed by atoms with van der Waals surface area (Å²) in [6, 6.07) is 14.8. The van der Waals surface area contributed by atoms with E-state index < -0.39 is 0 Å². The van der Waals surface area contributed by atoms with Gasteiger partial charge in [-0.2, -0.15) is 0 Å². The SMILES string of the molecule is CC(C)CNN(C(=O)Cc1ccc(C=CC(=O)Nc2ccccc2N)cc1)C(C)C. The summed E-state index contributed by atoms with van der Waals surface area (Å²) < 4.78 is 0. The normalized spacial score (nSPS) is 11.3. The summed E-state index contributed by atoms with van der Waals surface area (Å²) in [6.07, 6.45) is 3.51. The van der Waals surface area contributed by atoms with Gasteiger partial charge in [-0.3, -0.25) is 14.6 Å². The zero-order valence-corrected chi connectivity index (χ0v) is 18.2. The third kappa shape index (κ3) is 7.37. The average Bonchev–Trinajstić information content (AvgIpc) is 2.69. The molecule has 0 saturated carbocycles. The lowest BCUT2D eigenvalue weighted by Crippen LogP contribution is -2.49. The fraction of sp³-hybridized carbons (Fsp3) is 0.333. The molecular formula is C24H32N4O2. The van der Waals surface area contributed by atoms with E-state index in [2.05, 4.69) is 24.6 Å². The Morgan fingerprint density at radius 3 is 2.30 bits per heavy atom. The van der Waals surface area contributed by atoms with Crippen molar-refractivity contribution in [1.29, 1.82) is 0 Å². The maximum absolute atomic E-state index is 12.7. The number of carbonyl (C=O) groups excluding carboxylic acids is 2. The van der Waals surface area contributed by atoms with E-state index in [1.807, 2.05) is 50.2 Å². The van der Waals surface area contributed by atoms with Crippen molar-refractivity contribution in [2.24, 2.45) is 5.92 Å². The molecule has 6 nitrogen and oxygen atoms in total. The number of anilines is 2. The molecule has 2 amide bonds. The highest BCUT2D eigenvalue weighted by Crippen LogP contribution is 2.16.